The second-order valence-corrected chi connectivity index (χ2v) is 6.08. The van der Waals surface area contributed by atoms with Crippen molar-refractivity contribution in [3.05, 3.63) is 63.3 Å². The van der Waals surface area contributed by atoms with Crippen LogP contribution in [0.3, 0.4) is 0 Å². The predicted molar refractivity (Wildman–Crippen MR) is 83.6 cm³/mol. The van der Waals surface area contributed by atoms with Crippen molar-refractivity contribution < 1.29 is 0 Å². The summed E-state index contributed by atoms with van der Waals surface area (Å²) in [5, 5.41) is 1.67. The zero-order valence-electron chi connectivity index (χ0n) is 9.61. The summed E-state index contributed by atoms with van der Waals surface area (Å²) in [7, 11) is 0. The molecule has 0 radical (unpaired) electrons. The molecule has 0 bridgehead atoms. The Morgan fingerprint density at radius 1 is 1.22 bits per heavy atom. The van der Waals surface area contributed by atoms with Crippen LogP contribution in [0, 0.1) is 0 Å². The molecule has 1 unspecified atom stereocenters. The summed E-state index contributed by atoms with van der Waals surface area (Å²) >= 11 is 13.0. The van der Waals surface area contributed by atoms with E-state index in [2.05, 4.69) is 42.9 Å². The molecule has 2 aromatic rings. The van der Waals surface area contributed by atoms with Crippen LogP contribution in [0.25, 0.3) is 0 Å². The van der Waals surface area contributed by atoms with Crippen molar-refractivity contribution in [2.24, 2.45) is 0 Å². The summed E-state index contributed by atoms with van der Waals surface area (Å²) in [4.78, 5) is 4.41. The van der Waals surface area contributed by atoms with Gasteiger partial charge in [-0.2, -0.15) is 0 Å². The molecule has 0 aliphatic rings. The molecule has 0 saturated heterocycles. The highest BCUT2D eigenvalue weighted by atomic mass is 79.9. The average Bonchev–Trinajstić information content (AvgIpc) is 2.38. The van der Waals surface area contributed by atoms with Crippen LogP contribution in [0.1, 0.15) is 17.2 Å². The third kappa shape index (κ3) is 3.81. The molecule has 94 valence electrons. The first kappa shape index (κ1) is 14.0. The molecule has 0 saturated carbocycles. The number of benzene rings is 1. The largest absolute Gasteiger partial charge is 0.260 e. The Bertz CT molecular complexity index is 513. The van der Waals surface area contributed by atoms with Gasteiger partial charge in [-0.05, 0) is 58.1 Å². The van der Waals surface area contributed by atoms with Crippen LogP contribution >= 0.6 is 43.5 Å². The molecular weight excluding hydrogens is 377 g/mol. The van der Waals surface area contributed by atoms with E-state index >= 15 is 0 Å². The van der Waals surface area contributed by atoms with E-state index in [0.717, 1.165) is 26.9 Å². The summed E-state index contributed by atoms with van der Waals surface area (Å²) in [6.07, 6.45) is 2.73. The third-order valence-corrected chi connectivity index (χ3v) is 4.24. The lowest BCUT2D eigenvalue weighted by atomic mass is 9.96. The number of alkyl halides is 1. The smallest absolute Gasteiger partial charge is 0.0413 e. The van der Waals surface area contributed by atoms with Gasteiger partial charge in [-0.1, -0.05) is 39.7 Å². The first-order valence-corrected chi connectivity index (χ1v) is 7.90. The van der Waals surface area contributed by atoms with Gasteiger partial charge in [0.25, 0.3) is 0 Å². The van der Waals surface area contributed by atoms with Gasteiger partial charge >= 0.3 is 0 Å². The highest BCUT2D eigenvalue weighted by Gasteiger charge is 2.12. The molecular formula is C14H12Br2ClN. The van der Waals surface area contributed by atoms with E-state index in [4.69, 9.17) is 11.6 Å². The fraction of sp³-hybridized carbons (Fsp3) is 0.214. The summed E-state index contributed by atoms with van der Waals surface area (Å²) in [6.45, 7) is 0. The number of hydrogen-bond acceptors (Lipinski definition) is 1. The number of aromatic nitrogens is 1. The Morgan fingerprint density at radius 2 is 2.06 bits per heavy atom. The Kier molecular flexibility index (Phi) is 5.22. The van der Waals surface area contributed by atoms with E-state index in [-0.39, 0.29) is 0 Å². The van der Waals surface area contributed by atoms with Crippen LogP contribution in [-0.2, 0) is 6.42 Å². The maximum Gasteiger partial charge on any atom is 0.0413 e. The molecule has 18 heavy (non-hydrogen) atoms. The quantitative estimate of drug-likeness (QED) is 0.654. The number of pyridine rings is 1. The molecule has 1 atom stereocenters. The molecule has 0 fully saturated rings. The molecule has 0 amide bonds. The molecule has 0 aliphatic carbocycles. The first-order valence-electron chi connectivity index (χ1n) is 5.61. The SMILES string of the molecule is Clc1cccc(C(CBr)Cc2ccc(Br)cn2)c1. The summed E-state index contributed by atoms with van der Waals surface area (Å²) < 4.78 is 1.00. The number of rotatable bonds is 4. The highest BCUT2D eigenvalue weighted by molar-refractivity contribution is 9.10. The van der Waals surface area contributed by atoms with Gasteiger partial charge in [0.1, 0.15) is 0 Å². The second kappa shape index (κ2) is 6.69. The van der Waals surface area contributed by atoms with Gasteiger partial charge in [-0.25, -0.2) is 0 Å². The number of halogens is 3. The van der Waals surface area contributed by atoms with Gasteiger partial charge < -0.3 is 0 Å². The van der Waals surface area contributed by atoms with Crippen molar-refractivity contribution in [3.63, 3.8) is 0 Å². The lowest BCUT2D eigenvalue weighted by Crippen LogP contribution is -2.05. The van der Waals surface area contributed by atoms with E-state index in [9.17, 15) is 0 Å². The van der Waals surface area contributed by atoms with E-state index in [1.807, 2.05) is 36.5 Å². The van der Waals surface area contributed by atoms with E-state index in [1.54, 1.807) is 0 Å². The molecule has 1 aromatic carbocycles. The van der Waals surface area contributed by atoms with Gasteiger partial charge in [0.05, 0.1) is 0 Å². The van der Waals surface area contributed by atoms with Gasteiger partial charge in [0, 0.05) is 26.7 Å². The zero-order valence-corrected chi connectivity index (χ0v) is 13.5. The van der Waals surface area contributed by atoms with Crippen LogP contribution in [0.5, 0.6) is 0 Å². The van der Waals surface area contributed by atoms with Gasteiger partial charge in [0.15, 0.2) is 0 Å². The molecule has 0 spiro atoms. The fourth-order valence-corrected chi connectivity index (χ4v) is 2.84. The number of nitrogens with zero attached hydrogens (tertiary/aromatic N) is 1. The molecule has 1 nitrogen and oxygen atoms in total. The third-order valence-electron chi connectivity index (χ3n) is 2.75. The molecule has 4 heteroatoms. The molecule has 2 rings (SSSR count). The highest BCUT2D eigenvalue weighted by Crippen LogP contribution is 2.25. The molecule has 0 aliphatic heterocycles. The summed E-state index contributed by atoms with van der Waals surface area (Å²) in [6, 6.07) is 12.1. The van der Waals surface area contributed by atoms with Crippen molar-refractivity contribution in [1.29, 1.82) is 0 Å². The van der Waals surface area contributed by atoms with E-state index < -0.39 is 0 Å². The Balaban J connectivity index is 2.17. The minimum atomic E-state index is 0.386. The average molecular weight is 390 g/mol. The first-order chi connectivity index (χ1) is 8.69. The molecule has 1 aromatic heterocycles. The van der Waals surface area contributed by atoms with Crippen molar-refractivity contribution in [2.75, 3.05) is 5.33 Å². The standard InChI is InChI=1S/C14H12Br2ClN/c15-8-11(10-2-1-3-13(17)6-10)7-14-5-4-12(16)9-18-14/h1-6,9,11H,7-8H2. The Hall–Kier alpha value is -0.380. The normalized spacial score (nSPS) is 12.4. The van der Waals surface area contributed by atoms with Crippen LogP contribution in [0.15, 0.2) is 47.1 Å². The lowest BCUT2D eigenvalue weighted by molar-refractivity contribution is 0.755. The topological polar surface area (TPSA) is 12.9 Å². The van der Waals surface area contributed by atoms with Gasteiger partial charge in [-0.3, -0.25) is 4.98 Å². The summed E-state index contributed by atoms with van der Waals surface area (Å²) in [5.74, 6) is 0.386. The fourth-order valence-electron chi connectivity index (χ4n) is 1.80. The van der Waals surface area contributed by atoms with Crippen LogP contribution < -0.4 is 0 Å². The molecule has 0 N–H and O–H groups in total. The van der Waals surface area contributed by atoms with Crippen molar-refractivity contribution in [1.82, 2.24) is 4.98 Å². The van der Waals surface area contributed by atoms with Crippen LogP contribution in [-0.4, -0.2) is 10.3 Å². The Morgan fingerprint density at radius 3 is 2.67 bits per heavy atom. The lowest BCUT2D eigenvalue weighted by Gasteiger charge is -2.14. The molecule has 1 heterocycles. The van der Waals surface area contributed by atoms with Crippen LogP contribution in [0.2, 0.25) is 5.02 Å². The minimum absolute atomic E-state index is 0.386. The monoisotopic (exact) mass is 387 g/mol. The maximum absolute atomic E-state index is 6.03. The number of hydrogen-bond donors (Lipinski definition) is 0. The van der Waals surface area contributed by atoms with E-state index in [1.165, 1.54) is 5.56 Å². The van der Waals surface area contributed by atoms with Gasteiger partial charge in [-0.15, -0.1) is 0 Å². The second-order valence-electron chi connectivity index (χ2n) is 4.08. The van der Waals surface area contributed by atoms with Crippen LogP contribution in [0.4, 0.5) is 0 Å². The maximum atomic E-state index is 6.03. The predicted octanol–water partition coefficient (Wildman–Crippen LogP) is 5.22. The Labute approximate surface area is 129 Å². The van der Waals surface area contributed by atoms with Crippen molar-refractivity contribution in [3.8, 4) is 0 Å². The summed E-state index contributed by atoms with van der Waals surface area (Å²) in [5.41, 5.74) is 2.33. The minimum Gasteiger partial charge on any atom is -0.260 e. The van der Waals surface area contributed by atoms with Crippen molar-refractivity contribution >= 4 is 43.5 Å². The van der Waals surface area contributed by atoms with Gasteiger partial charge in [0.2, 0.25) is 0 Å². The van der Waals surface area contributed by atoms with E-state index in [0.29, 0.717) is 5.92 Å². The van der Waals surface area contributed by atoms with Crippen molar-refractivity contribution in [2.45, 2.75) is 12.3 Å². The zero-order chi connectivity index (χ0) is 13.0.